The third-order valence-corrected chi connectivity index (χ3v) is 4.64. The number of imidazole rings is 1. The second-order valence-electron chi connectivity index (χ2n) is 5.29. The zero-order chi connectivity index (χ0) is 15.0. The van der Waals surface area contributed by atoms with Gasteiger partial charge >= 0.3 is 0 Å². The molecular formula is C16H18ClN3S. The van der Waals surface area contributed by atoms with Gasteiger partial charge in [0, 0.05) is 18.3 Å². The zero-order valence-electron chi connectivity index (χ0n) is 12.4. The van der Waals surface area contributed by atoms with Crippen LogP contribution >= 0.6 is 22.9 Å². The van der Waals surface area contributed by atoms with E-state index in [4.69, 9.17) is 16.6 Å². The van der Waals surface area contributed by atoms with E-state index in [1.165, 1.54) is 5.56 Å². The fourth-order valence-corrected chi connectivity index (χ4v) is 3.41. The van der Waals surface area contributed by atoms with Gasteiger partial charge < -0.3 is 4.57 Å². The van der Waals surface area contributed by atoms with Crippen molar-refractivity contribution >= 4 is 34.0 Å². The number of para-hydroxylation sites is 1. The van der Waals surface area contributed by atoms with Crippen molar-refractivity contribution in [1.82, 2.24) is 14.5 Å². The summed E-state index contributed by atoms with van der Waals surface area (Å²) in [5.41, 5.74) is 4.54. The van der Waals surface area contributed by atoms with E-state index >= 15 is 0 Å². The largest absolute Gasteiger partial charge is 0.326 e. The van der Waals surface area contributed by atoms with E-state index in [1.807, 2.05) is 13.8 Å². The molecule has 110 valence electrons. The average molecular weight is 320 g/mol. The van der Waals surface area contributed by atoms with Gasteiger partial charge in [-0.1, -0.05) is 12.1 Å². The summed E-state index contributed by atoms with van der Waals surface area (Å²) in [5, 5.41) is 3.14. The molecule has 3 nitrogen and oxygen atoms in total. The molecule has 1 aromatic carbocycles. The third kappa shape index (κ3) is 2.83. The summed E-state index contributed by atoms with van der Waals surface area (Å²) in [4.78, 5) is 9.28. The number of hydrogen-bond donors (Lipinski definition) is 0. The highest BCUT2D eigenvalue weighted by molar-refractivity contribution is 7.09. The van der Waals surface area contributed by atoms with Gasteiger partial charge in [-0.25, -0.2) is 9.97 Å². The number of thiazole rings is 1. The standard InChI is InChI=1S/C16H18ClN3S/c1-10-5-4-6-14-15(10)19-16(11(2)17)20(14)8-7-13-9-21-12(3)18-13/h4-6,9,11H,7-8H2,1-3H3. The summed E-state index contributed by atoms with van der Waals surface area (Å²) < 4.78 is 2.23. The van der Waals surface area contributed by atoms with Crippen LogP contribution in [-0.4, -0.2) is 14.5 Å². The molecule has 2 heterocycles. The number of aryl methyl sites for hydroxylation is 4. The van der Waals surface area contributed by atoms with Crippen LogP contribution in [0.15, 0.2) is 23.6 Å². The maximum atomic E-state index is 6.32. The number of hydrogen-bond acceptors (Lipinski definition) is 3. The van der Waals surface area contributed by atoms with Crippen molar-refractivity contribution in [3.05, 3.63) is 45.7 Å². The van der Waals surface area contributed by atoms with E-state index in [2.05, 4.69) is 40.1 Å². The summed E-state index contributed by atoms with van der Waals surface area (Å²) in [6.07, 6.45) is 0.903. The molecule has 1 atom stereocenters. The fraction of sp³-hybridized carbons (Fsp3) is 0.375. The first-order chi connectivity index (χ1) is 10.1. The Bertz CT molecular complexity index is 773. The Kier molecular flexibility index (Phi) is 4.00. The van der Waals surface area contributed by atoms with Crippen molar-refractivity contribution in [2.45, 2.75) is 39.1 Å². The lowest BCUT2D eigenvalue weighted by Crippen LogP contribution is -2.07. The van der Waals surface area contributed by atoms with Gasteiger partial charge in [-0.2, -0.15) is 0 Å². The predicted octanol–water partition coefficient (Wildman–Crippen LogP) is 4.65. The van der Waals surface area contributed by atoms with Crippen molar-refractivity contribution in [1.29, 1.82) is 0 Å². The molecule has 0 saturated heterocycles. The van der Waals surface area contributed by atoms with Crippen LogP contribution in [-0.2, 0) is 13.0 Å². The summed E-state index contributed by atoms with van der Waals surface area (Å²) in [6, 6.07) is 6.28. The third-order valence-electron chi connectivity index (χ3n) is 3.62. The molecule has 21 heavy (non-hydrogen) atoms. The number of halogens is 1. The highest BCUT2D eigenvalue weighted by atomic mass is 35.5. The number of rotatable bonds is 4. The van der Waals surface area contributed by atoms with Gasteiger partial charge in [0.15, 0.2) is 0 Å². The van der Waals surface area contributed by atoms with Crippen LogP contribution in [0.25, 0.3) is 11.0 Å². The number of nitrogens with zero attached hydrogens (tertiary/aromatic N) is 3. The Morgan fingerprint density at radius 3 is 2.76 bits per heavy atom. The Labute approximate surface area is 133 Å². The Balaban J connectivity index is 1.99. The summed E-state index contributed by atoms with van der Waals surface area (Å²) in [5.74, 6) is 0.938. The lowest BCUT2D eigenvalue weighted by atomic mass is 10.2. The molecule has 5 heteroatoms. The fourth-order valence-electron chi connectivity index (χ4n) is 2.59. The Hall–Kier alpha value is -1.39. The van der Waals surface area contributed by atoms with Gasteiger partial charge in [0.05, 0.1) is 27.1 Å². The summed E-state index contributed by atoms with van der Waals surface area (Å²) in [6.45, 7) is 6.96. The molecule has 0 radical (unpaired) electrons. The lowest BCUT2D eigenvalue weighted by molar-refractivity contribution is 0.661. The highest BCUT2D eigenvalue weighted by Gasteiger charge is 2.16. The SMILES string of the molecule is Cc1nc(CCn2c(C(C)Cl)nc3c(C)cccc32)cs1. The molecule has 0 spiro atoms. The van der Waals surface area contributed by atoms with Crippen LogP contribution in [0, 0.1) is 13.8 Å². The molecule has 3 aromatic rings. The van der Waals surface area contributed by atoms with Crippen molar-refractivity contribution in [3.8, 4) is 0 Å². The first-order valence-electron chi connectivity index (χ1n) is 7.07. The summed E-state index contributed by atoms with van der Waals surface area (Å²) in [7, 11) is 0. The predicted molar refractivity (Wildman–Crippen MR) is 89.3 cm³/mol. The van der Waals surface area contributed by atoms with Gasteiger partial charge in [0.2, 0.25) is 0 Å². The minimum atomic E-state index is -0.103. The van der Waals surface area contributed by atoms with Crippen LogP contribution in [0.3, 0.4) is 0 Å². The van der Waals surface area contributed by atoms with E-state index < -0.39 is 0 Å². The molecule has 0 bridgehead atoms. The van der Waals surface area contributed by atoms with Crippen LogP contribution in [0.2, 0.25) is 0 Å². The first-order valence-corrected chi connectivity index (χ1v) is 8.38. The van der Waals surface area contributed by atoms with Crippen molar-refractivity contribution in [3.63, 3.8) is 0 Å². The van der Waals surface area contributed by atoms with Crippen molar-refractivity contribution in [2.24, 2.45) is 0 Å². The molecule has 3 rings (SSSR count). The van der Waals surface area contributed by atoms with Gasteiger partial charge in [-0.15, -0.1) is 22.9 Å². The highest BCUT2D eigenvalue weighted by Crippen LogP contribution is 2.26. The molecule has 0 N–H and O–H groups in total. The second-order valence-corrected chi connectivity index (χ2v) is 7.01. The molecule has 0 saturated carbocycles. The minimum absolute atomic E-state index is 0.103. The molecule has 1 unspecified atom stereocenters. The van der Waals surface area contributed by atoms with Gasteiger partial charge in [-0.3, -0.25) is 0 Å². The average Bonchev–Trinajstić information content (AvgIpc) is 3.01. The maximum Gasteiger partial charge on any atom is 0.127 e. The monoisotopic (exact) mass is 319 g/mol. The topological polar surface area (TPSA) is 30.7 Å². The normalized spacial score (nSPS) is 13.0. The number of alkyl halides is 1. The van der Waals surface area contributed by atoms with E-state index in [1.54, 1.807) is 11.3 Å². The first kappa shape index (κ1) is 14.5. The molecule has 2 aromatic heterocycles. The van der Waals surface area contributed by atoms with Gasteiger partial charge in [0.25, 0.3) is 0 Å². The molecule has 0 aliphatic heterocycles. The molecule has 0 aliphatic carbocycles. The Morgan fingerprint density at radius 2 is 2.10 bits per heavy atom. The Morgan fingerprint density at radius 1 is 1.29 bits per heavy atom. The van der Waals surface area contributed by atoms with Crippen LogP contribution in [0.4, 0.5) is 0 Å². The minimum Gasteiger partial charge on any atom is -0.326 e. The van der Waals surface area contributed by atoms with Crippen molar-refractivity contribution in [2.75, 3.05) is 0 Å². The number of benzene rings is 1. The molecular weight excluding hydrogens is 302 g/mol. The lowest BCUT2D eigenvalue weighted by Gasteiger charge is -2.09. The van der Waals surface area contributed by atoms with E-state index in [0.29, 0.717) is 0 Å². The van der Waals surface area contributed by atoms with E-state index in [9.17, 15) is 0 Å². The molecule has 0 aliphatic rings. The van der Waals surface area contributed by atoms with Crippen LogP contribution < -0.4 is 0 Å². The number of aromatic nitrogens is 3. The van der Waals surface area contributed by atoms with Crippen molar-refractivity contribution < 1.29 is 0 Å². The van der Waals surface area contributed by atoms with Crippen LogP contribution in [0.5, 0.6) is 0 Å². The summed E-state index contributed by atoms with van der Waals surface area (Å²) >= 11 is 8.02. The zero-order valence-corrected chi connectivity index (χ0v) is 14.0. The van der Waals surface area contributed by atoms with E-state index in [-0.39, 0.29) is 5.38 Å². The van der Waals surface area contributed by atoms with Gasteiger partial charge in [0.1, 0.15) is 5.82 Å². The molecule has 0 amide bonds. The molecule has 0 fully saturated rings. The van der Waals surface area contributed by atoms with Gasteiger partial charge in [-0.05, 0) is 32.4 Å². The smallest absolute Gasteiger partial charge is 0.127 e. The van der Waals surface area contributed by atoms with Crippen LogP contribution in [0.1, 0.15) is 34.4 Å². The number of fused-ring (bicyclic) bond motifs is 1. The quantitative estimate of drug-likeness (QED) is 0.655. The van der Waals surface area contributed by atoms with E-state index in [0.717, 1.165) is 40.5 Å². The maximum absolute atomic E-state index is 6.32. The second kappa shape index (κ2) is 5.78.